The molecule has 1 aromatic carbocycles. The quantitative estimate of drug-likeness (QED) is 0.197. The Balaban J connectivity index is 1.37. The Kier molecular flexibility index (Phi) is 12.5. The van der Waals surface area contributed by atoms with Crippen molar-refractivity contribution in [1.29, 1.82) is 0 Å². The Bertz CT molecular complexity index is 2180. The predicted octanol–water partition coefficient (Wildman–Crippen LogP) is 5.26. The lowest BCUT2D eigenvalue weighted by atomic mass is 9.88. The van der Waals surface area contributed by atoms with E-state index in [-0.39, 0.29) is 49.9 Å². The number of carbonyl (C=O) groups excluding carboxylic acids is 4. The lowest BCUT2D eigenvalue weighted by Gasteiger charge is -2.35. The van der Waals surface area contributed by atoms with E-state index in [2.05, 4.69) is 15.6 Å². The third-order valence-electron chi connectivity index (χ3n) is 12.5. The topological polar surface area (TPSA) is 192 Å². The van der Waals surface area contributed by atoms with Crippen LogP contribution in [0.3, 0.4) is 0 Å². The summed E-state index contributed by atoms with van der Waals surface area (Å²) in [5.41, 5.74) is -4.15. The van der Waals surface area contributed by atoms with E-state index in [0.717, 1.165) is 18.7 Å². The highest BCUT2D eigenvalue weighted by Gasteiger charge is 2.66. The summed E-state index contributed by atoms with van der Waals surface area (Å²) in [6.07, 6.45) is -1.60. The summed E-state index contributed by atoms with van der Waals surface area (Å²) in [7, 11) is -1.97. The molecule has 3 heterocycles. The van der Waals surface area contributed by atoms with Crippen molar-refractivity contribution >= 4 is 44.6 Å². The molecule has 0 radical (unpaired) electrons. The largest absolute Gasteiger partial charge is 0.497 e. The number of nitrogens with zero attached hydrogens (tertiary/aromatic N) is 2. The molecule has 6 rings (SSSR count). The van der Waals surface area contributed by atoms with Crippen LogP contribution in [0.5, 0.6) is 17.5 Å². The zero-order valence-corrected chi connectivity index (χ0v) is 35.9. The van der Waals surface area contributed by atoms with Crippen molar-refractivity contribution < 1.29 is 64.1 Å². The van der Waals surface area contributed by atoms with E-state index in [4.69, 9.17) is 18.9 Å². The van der Waals surface area contributed by atoms with Crippen LogP contribution in [0.2, 0.25) is 0 Å². The van der Waals surface area contributed by atoms with Crippen LogP contribution in [-0.2, 0) is 29.1 Å². The van der Waals surface area contributed by atoms with Crippen LogP contribution in [-0.4, -0.2) is 109 Å². The number of carbonyl (C=O) groups is 4. The molecule has 2 saturated carbocycles. The van der Waals surface area contributed by atoms with Gasteiger partial charge in [0.2, 0.25) is 33.6 Å². The molecule has 0 unspecified atom stereocenters. The lowest BCUT2D eigenvalue weighted by molar-refractivity contribution is -0.152. The highest BCUT2D eigenvalue weighted by molar-refractivity contribution is 7.91. The molecule has 2 aromatic rings. The molecule has 4 amide bonds. The summed E-state index contributed by atoms with van der Waals surface area (Å²) >= 11 is 0. The summed E-state index contributed by atoms with van der Waals surface area (Å²) in [6, 6.07) is 3.95. The second-order valence-electron chi connectivity index (χ2n) is 17.3. The van der Waals surface area contributed by atoms with Gasteiger partial charge >= 0.3 is 6.09 Å². The number of methoxy groups -OCH3 is 2. The van der Waals surface area contributed by atoms with Crippen LogP contribution in [0.15, 0.2) is 36.4 Å². The SMILES string of the molecule is COc1ccc2c(O[C@@H]3C[C@H]4C(=O)N[C@]5(C(=O)NS(=O)(=O)C6(C(F)F)CC6)C[C@H]5/C=C\CC[C@@H](C)C[C@@H](C)[C@H](NC(=O)OC(C)(C)C(C)(F)F)C(=O)N4C3)nc(OC)cc2c1. The van der Waals surface area contributed by atoms with Crippen LogP contribution in [0, 0.1) is 17.8 Å². The minimum absolute atomic E-state index is 0.0629. The highest BCUT2D eigenvalue weighted by atomic mass is 32.2. The van der Waals surface area contributed by atoms with E-state index < -0.39 is 92.1 Å². The van der Waals surface area contributed by atoms with Gasteiger partial charge in [0, 0.05) is 30.7 Å². The third-order valence-corrected chi connectivity index (χ3v) is 14.6. The number of benzene rings is 1. The summed E-state index contributed by atoms with van der Waals surface area (Å²) in [6.45, 7) is 6.00. The minimum Gasteiger partial charge on any atom is -0.497 e. The molecule has 3 N–H and O–H groups in total. The summed E-state index contributed by atoms with van der Waals surface area (Å²) in [5.74, 6) is -6.95. The lowest BCUT2D eigenvalue weighted by Crippen LogP contribution is -2.60. The van der Waals surface area contributed by atoms with Gasteiger partial charge in [-0.3, -0.25) is 19.1 Å². The van der Waals surface area contributed by atoms with E-state index >= 15 is 0 Å². The number of hydrogen-bond acceptors (Lipinski definition) is 11. The molecule has 4 aliphatic rings. The second kappa shape index (κ2) is 16.8. The molecular weight excluding hydrogens is 831 g/mol. The average Bonchev–Trinajstić information content (AvgIpc) is 4.09. The number of nitrogens with one attached hydrogen (secondary N) is 3. The summed E-state index contributed by atoms with van der Waals surface area (Å²) in [5, 5.41) is 6.33. The number of hydrogen-bond donors (Lipinski definition) is 3. The van der Waals surface area contributed by atoms with Gasteiger partial charge in [-0.15, -0.1) is 0 Å². The monoisotopic (exact) mass is 883 g/mol. The van der Waals surface area contributed by atoms with Gasteiger partial charge in [-0.25, -0.2) is 30.8 Å². The maximum Gasteiger partial charge on any atom is 0.408 e. The maximum atomic E-state index is 14.9. The molecule has 20 heteroatoms. The number of amides is 4. The van der Waals surface area contributed by atoms with Crippen molar-refractivity contribution in [1.82, 2.24) is 25.2 Å². The van der Waals surface area contributed by atoms with E-state index in [1.54, 1.807) is 43.3 Å². The fourth-order valence-corrected chi connectivity index (χ4v) is 9.50. The molecule has 15 nitrogen and oxygen atoms in total. The zero-order valence-electron chi connectivity index (χ0n) is 35.1. The van der Waals surface area contributed by atoms with Gasteiger partial charge in [-0.05, 0) is 87.8 Å². The minimum atomic E-state index is -4.88. The van der Waals surface area contributed by atoms with Gasteiger partial charge in [0.15, 0.2) is 10.3 Å². The fraction of sp³-hybridized carbons (Fsp3) is 0.634. The molecule has 61 heavy (non-hydrogen) atoms. The van der Waals surface area contributed by atoms with Crippen molar-refractivity contribution in [3.8, 4) is 17.5 Å². The van der Waals surface area contributed by atoms with Gasteiger partial charge < -0.3 is 34.5 Å². The number of pyridine rings is 1. The van der Waals surface area contributed by atoms with Gasteiger partial charge in [0.1, 0.15) is 29.5 Å². The number of rotatable bonds is 11. The smallest absolute Gasteiger partial charge is 0.408 e. The molecule has 2 aliphatic carbocycles. The first-order valence-corrected chi connectivity index (χ1v) is 21.7. The molecule has 0 bridgehead atoms. The van der Waals surface area contributed by atoms with Crippen molar-refractivity contribution in [3.05, 3.63) is 36.4 Å². The van der Waals surface area contributed by atoms with E-state index in [1.807, 2.05) is 11.6 Å². The number of aromatic nitrogens is 1. The Labute approximate surface area is 351 Å². The molecule has 2 aliphatic heterocycles. The molecule has 336 valence electrons. The van der Waals surface area contributed by atoms with Crippen LogP contribution in [0.1, 0.15) is 79.6 Å². The third kappa shape index (κ3) is 9.19. The molecule has 1 saturated heterocycles. The van der Waals surface area contributed by atoms with Gasteiger partial charge in [-0.2, -0.15) is 4.98 Å². The van der Waals surface area contributed by atoms with Crippen LogP contribution < -0.4 is 29.6 Å². The van der Waals surface area contributed by atoms with E-state index in [1.165, 1.54) is 14.2 Å². The zero-order chi connectivity index (χ0) is 44.9. The molecule has 1 aromatic heterocycles. The number of fused-ring (bicyclic) bond motifs is 3. The van der Waals surface area contributed by atoms with Crippen LogP contribution >= 0.6 is 0 Å². The predicted molar refractivity (Wildman–Crippen MR) is 213 cm³/mol. The Morgan fingerprint density at radius 1 is 1.05 bits per heavy atom. The first-order valence-electron chi connectivity index (χ1n) is 20.2. The van der Waals surface area contributed by atoms with Crippen molar-refractivity contribution in [3.63, 3.8) is 0 Å². The molecular formula is C41H53F4N5O10S. The van der Waals surface area contributed by atoms with Gasteiger partial charge in [0.25, 0.3) is 18.3 Å². The number of alkyl halides is 4. The number of alkyl carbamates (subject to hydrolysis) is 1. The Morgan fingerprint density at radius 3 is 2.38 bits per heavy atom. The first-order chi connectivity index (χ1) is 28.5. The summed E-state index contributed by atoms with van der Waals surface area (Å²) < 4.78 is 105. The number of ether oxygens (including phenoxy) is 4. The second-order valence-corrected chi connectivity index (χ2v) is 19.4. The van der Waals surface area contributed by atoms with Crippen molar-refractivity contribution in [2.75, 3.05) is 20.8 Å². The molecule has 3 fully saturated rings. The van der Waals surface area contributed by atoms with Gasteiger partial charge in [0.05, 0.1) is 20.8 Å². The van der Waals surface area contributed by atoms with E-state index in [9.17, 15) is 45.2 Å². The average molecular weight is 884 g/mol. The van der Waals surface area contributed by atoms with Crippen LogP contribution in [0.25, 0.3) is 10.8 Å². The highest BCUT2D eigenvalue weighted by Crippen LogP contribution is 2.50. The standard InChI is InChI=1S/C41H53F4N5O10S/c1-22-10-8-9-11-25-20-41(25,36(53)49-61(55,56)40(14-15-40)35(42)43)48-32(51)29-19-27(59-33-28-13-12-26(57-6)17-24(28)18-30(46-33)58-7)21-50(29)34(52)31(23(2)16-22)47-37(54)60-38(3,4)39(5,44)45/h9,11-13,17-18,22-23,25,27,29,31,35H,8,10,14-16,19-21H2,1-7H3,(H,47,54)(H,48,51)(H,49,53)/b11-9-/t22-,23-,25-,27-,29+,31+,41-/m1/s1. The fourth-order valence-electron chi connectivity index (χ4n) is 8.00. The van der Waals surface area contributed by atoms with Crippen molar-refractivity contribution in [2.24, 2.45) is 17.8 Å². The number of halogens is 4. The summed E-state index contributed by atoms with van der Waals surface area (Å²) in [4.78, 5) is 62.3. The maximum absolute atomic E-state index is 14.9. The molecule has 0 spiro atoms. The first kappa shape index (κ1) is 45.6. The van der Waals surface area contributed by atoms with Crippen molar-refractivity contribution in [2.45, 2.75) is 126 Å². The van der Waals surface area contributed by atoms with Crippen LogP contribution in [0.4, 0.5) is 22.4 Å². The Hall–Kier alpha value is -4.88. The number of sulfonamides is 1. The Morgan fingerprint density at radius 2 is 1.75 bits per heavy atom. The normalized spacial score (nSPS) is 28.6. The van der Waals surface area contributed by atoms with E-state index in [0.29, 0.717) is 42.7 Å². The van der Waals surface area contributed by atoms with Gasteiger partial charge in [-0.1, -0.05) is 26.0 Å². The molecule has 7 atom stereocenters. The number of allylic oxidation sites excluding steroid dienone is 1.